The molecular formula is C22H23NO. The molecule has 0 unspecified atom stereocenters. The number of hydrogen-bond acceptors (Lipinski definition) is 2. The van der Waals surface area contributed by atoms with Crippen molar-refractivity contribution < 1.29 is 4.79 Å². The number of hydrogen-bond donors (Lipinski definition) is 0. The van der Waals surface area contributed by atoms with Crippen LogP contribution in [0.25, 0.3) is 0 Å². The van der Waals surface area contributed by atoms with Crippen molar-refractivity contribution in [2.24, 2.45) is 0 Å². The lowest BCUT2D eigenvalue weighted by Gasteiger charge is -2.37. The molecule has 0 saturated heterocycles. The molecule has 0 radical (unpaired) electrons. The predicted molar refractivity (Wildman–Crippen MR) is 95.6 cm³/mol. The minimum Gasteiger partial charge on any atom is -0.302 e. The van der Waals surface area contributed by atoms with Gasteiger partial charge in [-0.2, -0.15) is 5.26 Å². The van der Waals surface area contributed by atoms with Gasteiger partial charge in [-0.1, -0.05) is 67.1 Å². The molecule has 0 atom stereocenters. The molecule has 0 heterocycles. The SMILES string of the molecule is N#CC1(c2ccccc2)CCC1.O=CC1(c2ccccc2)CCC1. The van der Waals surface area contributed by atoms with Gasteiger partial charge in [0.2, 0.25) is 0 Å². The van der Waals surface area contributed by atoms with Crippen LogP contribution < -0.4 is 0 Å². The number of rotatable bonds is 3. The van der Waals surface area contributed by atoms with E-state index in [1.54, 1.807) is 0 Å². The molecule has 2 saturated carbocycles. The molecule has 2 aliphatic carbocycles. The van der Waals surface area contributed by atoms with Crippen LogP contribution in [0.3, 0.4) is 0 Å². The number of benzene rings is 2. The zero-order valence-electron chi connectivity index (χ0n) is 13.9. The van der Waals surface area contributed by atoms with E-state index >= 15 is 0 Å². The third kappa shape index (κ3) is 2.99. The standard InChI is InChI=1S/C11H11N.C11H12O/c2*12-9-11(7-4-8-11)10-5-2-1-3-6-10/h1-3,5-6H,4,7-8H2;1-3,5-6,9H,4,7-8H2. The monoisotopic (exact) mass is 317 g/mol. The first-order valence-electron chi connectivity index (χ1n) is 8.73. The fraction of sp³-hybridized carbons (Fsp3) is 0.364. The Hall–Kier alpha value is -2.40. The average Bonchev–Trinajstić information content (AvgIpc) is 2.57. The molecule has 4 rings (SSSR count). The summed E-state index contributed by atoms with van der Waals surface area (Å²) in [6, 6.07) is 22.6. The maximum absolute atomic E-state index is 10.9. The molecule has 122 valence electrons. The molecule has 0 amide bonds. The summed E-state index contributed by atoms with van der Waals surface area (Å²) in [6.07, 6.45) is 7.63. The van der Waals surface area contributed by atoms with Crippen molar-refractivity contribution in [1.82, 2.24) is 0 Å². The van der Waals surface area contributed by atoms with E-state index in [0.717, 1.165) is 32.0 Å². The molecule has 0 bridgehead atoms. The molecule has 2 aromatic rings. The Morgan fingerprint density at radius 3 is 1.62 bits per heavy atom. The van der Waals surface area contributed by atoms with E-state index in [9.17, 15) is 4.79 Å². The molecule has 0 N–H and O–H groups in total. The predicted octanol–water partition coefficient (Wildman–Crippen LogP) is 4.94. The van der Waals surface area contributed by atoms with E-state index in [-0.39, 0.29) is 10.8 Å². The average molecular weight is 317 g/mol. The molecule has 0 aromatic heterocycles. The number of nitriles is 1. The Kier molecular flexibility index (Phi) is 4.81. The minimum atomic E-state index is -0.138. The van der Waals surface area contributed by atoms with Crippen molar-refractivity contribution in [2.45, 2.75) is 49.4 Å². The quantitative estimate of drug-likeness (QED) is 0.752. The minimum absolute atomic E-state index is 0.124. The summed E-state index contributed by atoms with van der Waals surface area (Å²) in [5.41, 5.74) is 2.12. The van der Waals surface area contributed by atoms with Crippen LogP contribution in [0.4, 0.5) is 0 Å². The first kappa shape index (κ1) is 16.5. The summed E-state index contributed by atoms with van der Waals surface area (Å²) < 4.78 is 0. The van der Waals surface area contributed by atoms with E-state index in [1.807, 2.05) is 48.5 Å². The van der Waals surface area contributed by atoms with Gasteiger partial charge in [0, 0.05) is 0 Å². The smallest absolute Gasteiger partial charge is 0.130 e. The van der Waals surface area contributed by atoms with E-state index in [1.165, 1.54) is 24.0 Å². The van der Waals surface area contributed by atoms with Gasteiger partial charge in [0.1, 0.15) is 6.29 Å². The van der Waals surface area contributed by atoms with Crippen molar-refractivity contribution in [1.29, 1.82) is 5.26 Å². The van der Waals surface area contributed by atoms with Gasteiger partial charge in [-0.05, 0) is 43.2 Å². The molecule has 2 heteroatoms. The Labute approximate surface area is 144 Å². The molecule has 2 aliphatic rings. The van der Waals surface area contributed by atoms with Crippen LogP contribution in [0.5, 0.6) is 0 Å². The van der Waals surface area contributed by atoms with Crippen LogP contribution in [0, 0.1) is 11.3 Å². The summed E-state index contributed by atoms with van der Waals surface area (Å²) in [5, 5.41) is 9.04. The topological polar surface area (TPSA) is 40.9 Å². The molecule has 2 aromatic carbocycles. The zero-order chi connectivity index (χ0) is 16.9. The first-order chi connectivity index (χ1) is 11.7. The molecule has 24 heavy (non-hydrogen) atoms. The lowest BCUT2D eigenvalue weighted by atomic mass is 9.66. The van der Waals surface area contributed by atoms with Gasteiger partial charge in [-0.25, -0.2) is 0 Å². The van der Waals surface area contributed by atoms with Crippen LogP contribution in [0.1, 0.15) is 49.7 Å². The lowest BCUT2D eigenvalue weighted by molar-refractivity contribution is -0.115. The van der Waals surface area contributed by atoms with Crippen LogP contribution in [0.2, 0.25) is 0 Å². The van der Waals surface area contributed by atoms with Gasteiger partial charge < -0.3 is 4.79 Å². The van der Waals surface area contributed by atoms with Crippen LogP contribution in [-0.2, 0) is 15.6 Å². The zero-order valence-corrected chi connectivity index (χ0v) is 13.9. The van der Waals surface area contributed by atoms with Crippen LogP contribution >= 0.6 is 0 Å². The largest absolute Gasteiger partial charge is 0.302 e. The molecular weight excluding hydrogens is 294 g/mol. The maximum atomic E-state index is 10.9. The summed E-state index contributed by atoms with van der Waals surface area (Å²) in [6.45, 7) is 0. The van der Waals surface area contributed by atoms with E-state index in [0.29, 0.717) is 0 Å². The van der Waals surface area contributed by atoms with Crippen molar-refractivity contribution in [3.8, 4) is 6.07 Å². The molecule has 0 aliphatic heterocycles. The number of nitrogens with zero attached hydrogens (tertiary/aromatic N) is 1. The van der Waals surface area contributed by atoms with Crippen LogP contribution in [0.15, 0.2) is 60.7 Å². The van der Waals surface area contributed by atoms with Crippen molar-refractivity contribution >= 4 is 6.29 Å². The molecule has 0 spiro atoms. The molecule has 2 nitrogen and oxygen atoms in total. The number of carbonyl (C=O) groups is 1. The Balaban J connectivity index is 0.000000141. The van der Waals surface area contributed by atoms with Crippen LogP contribution in [-0.4, -0.2) is 6.29 Å². The van der Waals surface area contributed by atoms with Gasteiger partial charge in [-0.15, -0.1) is 0 Å². The summed E-state index contributed by atoms with van der Waals surface area (Å²) in [7, 11) is 0. The highest BCUT2D eigenvalue weighted by molar-refractivity contribution is 5.70. The maximum Gasteiger partial charge on any atom is 0.130 e. The van der Waals surface area contributed by atoms with Gasteiger partial charge in [0.15, 0.2) is 0 Å². The highest BCUT2D eigenvalue weighted by Gasteiger charge is 2.39. The Morgan fingerprint density at radius 1 is 0.792 bits per heavy atom. The van der Waals surface area contributed by atoms with Gasteiger partial charge >= 0.3 is 0 Å². The second kappa shape index (κ2) is 7.01. The Bertz CT molecular complexity index is 707. The van der Waals surface area contributed by atoms with Gasteiger partial charge in [-0.3, -0.25) is 0 Å². The third-order valence-corrected chi connectivity index (χ3v) is 5.57. The third-order valence-electron chi connectivity index (χ3n) is 5.57. The highest BCUT2D eigenvalue weighted by atomic mass is 16.1. The summed E-state index contributed by atoms with van der Waals surface area (Å²) in [5.74, 6) is 0. The lowest BCUT2D eigenvalue weighted by Crippen LogP contribution is -2.35. The van der Waals surface area contributed by atoms with E-state index in [2.05, 4.69) is 18.2 Å². The highest BCUT2D eigenvalue weighted by Crippen LogP contribution is 2.43. The fourth-order valence-electron chi connectivity index (χ4n) is 3.55. The summed E-state index contributed by atoms with van der Waals surface area (Å²) >= 11 is 0. The second-order valence-corrected chi connectivity index (χ2v) is 6.91. The van der Waals surface area contributed by atoms with Crippen molar-refractivity contribution in [3.05, 3.63) is 71.8 Å². The van der Waals surface area contributed by atoms with E-state index < -0.39 is 0 Å². The van der Waals surface area contributed by atoms with Gasteiger partial charge in [0.25, 0.3) is 0 Å². The fourth-order valence-corrected chi connectivity index (χ4v) is 3.55. The number of aldehydes is 1. The van der Waals surface area contributed by atoms with Gasteiger partial charge in [0.05, 0.1) is 16.9 Å². The van der Waals surface area contributed by atoms with Crippen molar-refractivity contribution in [3.63, 3.8) is 0 Å². The summed E-state index contributed by atoms with van der Waals surface area (Å²) in [4.78, 5) is 10.9. The molecule has 2 fully saturated rings. The second-order valence-electron chi connectivity index (χ2n) is 6.91. The number of carbonyl (C=O) groups excluding carboxylic acids is 1. The first-order valence-corrected chi connectivity index (χ1v) is 8.73. The normalized spacial score (nSPS) is 19.5. The van der Waals surface area contributed by atoms with Crippen molar-refractivity contribution in [2.75, 3.05) is 0 Å². The Morgan fingerprint density at radius 2 is 1.29 bits per heavy atom. The van der Waals surface area contributed by atoms with E-state index in [4.69, 9.17) is 5.26 Å².